The second-order valence-corrected chi connectivity index (χ2v) is 20.1. The van der Waals surface area contributed by atoms with Crippen molar-refractivity contribution < 1.29 is 35.8 Å². The molecule has 4 aromatic carbocycles. The van der Waals surface area contributed by atoms with Crippen LogP contribution in [0.4, 0.5) is 8.78 Å². The molecule has 0 amide bonds. The van der Waals surface area contributed by atoms with Crippen LogP contribution in [0.2, 0.25) is 0 Å². The molecule has 0 radical (unpaired) electrons. The molecule has 0 aliphatic carbocycles. The van der Waals surface area contributed by atoms with E-state index in [2.05, 4.69) is 13.8 Å². The number of hydrogen-bond donors (Lipinski definition) is 2. The number of fused-ring (bicyclic) bond motifs is 2. The van der Waals surface area contributed by atoms with Gasteiger partial charge in [0.15, 0.2) is 19.7 Å². The number of halogens is 2. The molecule has 6 rings (SSSR count). The summed E-state index contributed by atoms with van der Waals surface area (Å²) in [6.45, 7) is 11.9. The molecule has 6 nitrogen and oxygen atoms in total. The Kier molecular flexibility index (Phi) is 13.7. The molecule has 0 bridgehead atoms. The SMILES string of the molecule is CCCC[C@]1(CC)CS(=O)(=O)c2ccc(C)cc2[C@@H](c2ccc(F)cc2)[C@H]1O.CCCC[C@]1(CC)CS(=O)(=O)c2ccc(C)cc2[C@H](c2ccc(F)cc2)[C@@H]1O. The third kappa shape index (κ3) is 8.83. The number of aliphatic hydroxyl groups is 2. The summed E-state index contributed by atoms with van der Waals surface area (Å²) >= 11 is 0. The van der Waals surface area contributed by atoms with Crippen molar-refractivity contribution in [2.24, 2.45) is 10.8 Å². The summed E-state index contributed by atoms with van der Waals surface area (Å²) < 4.78 is 80.5. The largest absolute Gasteiger partial charge is 0.392 e. The monoisotopic (exact) mass is 808 g/mol. The number of rotatable bonds is 10. The van der Waals surface area contributed by atoms with Gasteiger partial charge in [-0.15, -0.1) is 0 Å². The lowest BCUT2D eigenvalue weighted by Gasteiger charge is -2.39. The third-order valence-corrected chi connectivity index (χ3v) is 16.4. The van der Waals surface area contributed by atoms with E-state index >= 15 is 0 Å². The molecule has 4 aromatic rings. The molecule has 0 unspecified atom stereocenters. The second kappa shape index (κ2) is 17.6. The van der Waals surface area contributed by atoms with Crippen LogP contribution in [0.1, 0.15) is 124 Å². The van der Waals surface area contributed by atoms with Crippen LogP contribution in [0.25, 0.3) is 0 Å². The Balaban J connectivity index is 0.000000214. The van der Waals surface area contributed by atoms with E-state index < -0.39 is 54.5 Å². The zero-order valence-electron chi connectivity index (χ0n) is 33.6. The normalized spacial score (nSPS) is 26.5. The van der Waals surface area contributed by atoms with Crippen LogP contribution < -0.4 is 0 Å². The predicted molar refractivity (Wildman–Crippen MR) is 219 cm³/mol. The van der Waals surface area contributed by atoms with Crippen LogP contribution in [0.15, 0.2) is 94.7 Å². The van der Waals surface area contributed by atoms with Crippen molar-refractivity contribution in [1.29, 1.82) is 0 Å². The van der Waals surface area contributed by atoms with Crippen LogP contribution in [0, 0.1) is 36.3 Å². The van der Waals surface area contributed by atoms with Crippen LogP contribution in [0.5, 0.6) is 0 Å². The first-order valence-electron chi connectivity index (χ1n) is 20.0. The maximum Gasteiger partial charge on any atom is 0.179 e. The van der Waals surface area contributed by atoms with Gasteiger partial charge >= 0.3 is 0 Å². The van der Waals surface area contributed by atoms with E-state index in [1.165, 1.54) is 24.3 Å². The summed E-state index contributed by atoms with van der Waals surface area (Å²) in [5.41, 5.74) is 3.12. The number of aliphatic hydroxyl groups excluding tert-OH is 2. The molecule has 10 heteroatoms. The molecule has 2 N–H and O–H groups in total. The van der Waals surface area contributed by atoms with Gasteiger partial charge in [0.25, 0.3) is 0 Å². The van der Waals surface area contributed by atoms with Gasteiger partial charge in [-0.3, -0.25) is 0 Å². The van der Waals surface area contributed by atoms with Crippen molar-refractivity contribution in [2.45, 2.75) is 127 Å². The molecule has 2 aliphatic heterocycles. The van der Waals surface area contributed by atoms with Crippen molar-refractivity contribution in [1.82, 2.24) is 0 Å². The van der Waals surface area contributed by atoms with Crippen LogP contribution in [-0.4, -0.2) is 50.8 Å². The second-order valence-electron chi connectivity index (χ2n) is 16.2. The summed E-state index contributed by atoms with van der Waals surface area (Å²) in [7, 11) is -7.12. The number of hydrogen-bond acceptors (Lipinski definition) is 6. The summed E-state index contributed by atoms with van der Waals surface area (Å²) in [6.07, 6.45) is 4.26. The highest BCUT2D eigenvalue weighted by atomic mass is 32.2. The first-order chi connectivity index (χ1) is 26.5. The Morgan fingerprint density at radius 2 is 0.911 bits per heavy atom. The quantitative estimate of drug-likeness (QED) is 0.165. The summed E-state index contributed by atoms with van der Waals surface area (Å²) in [5.74, 6) is -1.85. The van der Waals surface area contributed by atoms with E-state index in [4.69, 9.17) is 0 Å². The molecule has 0 spiro atoms. The van der Waals surface area contributed by atoms with Crippen molar-refractivity contribution in [2.75, 3.05) is 11.5 Å². The lowest BCUT2D eigenvalue weighted by atomic mass is 9.69. The fourth-order valence-corrected chi connectivity index (χ4v) is 13.6. The standard InChI is InChI=1S/2C23H29FO3S/c2*1-4-6-13-23(5-2)15-28(26,27)20-12-7-16(3)14-19(20)21(22(23)25)17-8-10-18(24)11-9-17/h2*7-12,14,21-22,25H,4-6,13,15H2,1-3H3/t21-,22-,23+;21-,22-,23-/m01/s1. The molecule has 56 heavy (non-hydrogen) atoms. The minimum absolute atomic E-state index is 0.0641. The van der Waals surface area contributed by atoms with Gasteiger partial charge in [0.1, 0.15) is 11.6 Å². The van der Waals surface area contributed by atoms with Gasteiger partial charge in [-0.05, 0) is 98.2 Å². The Hall–Kier alpha value is -3.44. The lowest BCUT2D eigenvalue weighted by molar-refractivity contribution is 0.0173. The maximum absolute atomic E-state index is 13.5. The Labute approximate surface area is 333 Å². The summed E-state index contributed by atoms with van der Waals surface area (Å²) in [4.78, 5) is 0.580. The minimum atomic E-state index is -3.56. The van der Waals surface area contributed by atoms with Crippen molar-refractivity contribution in [3.63, 3.8) is 0 Å². The van der Waals surface area contributed by atoms with Gasteiger partial charge in [-0.1, -0.05) is 113 Å². The zero-order chi connectivity index (χ0) is 41.1. The first kappa shape index (κ1) is 43.7. The molecule has 6 atom stereocenters. The molecule has 0 aromatic heterocycles. The molecular formula is C46H58F2O6S2. The number of unbranched alkanes of at least 4 members (excludes halogenated alkanes) is 2. The Morgan fingerprint density at radius 3 is 1.21 bits per heavy atom. The molecule has 2 heterocycles. The van der Waals surface area contributed by atoms with Gasteiger partial charge < -0.3 is 10.2 Å². The highest BCUT2D eigenvalue weighted by Crippen LogP contribution is 2.50. The van der Waals surface area contributed by atoms with Crippen molar-refractivity contribution in [3.8, 4) is 0 Å². The van der Waals surface area contributed by atoms with Gasteiger partial charge in [0, 0.05) is 22.7 Å². The van der Waals surface area contributed by atoms with E-state index in [1.807, 2.05) is 39.8 Å². The van der Waals surface area contributed by atoms with E-state index in [9.17, 15) is 35.8 Å². The average molecular weight is 809 g/mol. The smallest absolute Gasteiger partial charge is 0.179 e. The van der Waals surface area contributed by atoms with Crippen LogP contribution in [-0.2, 0) is 19.7 Å². The van der Waals surface area contributed by atoms with Gasteiger partial charge in [0.2, 0.25) is 0 Å². The van der Waals surface area contributed by atoms with Crippen LogP contribution in [0.3, 0.4) is 0 Å². The highest BCUT2D eigenvalue weighted by Gasteiger charge is 2.50. The Morgan fingerprint density at radius 1 is 0.571 bits per heavy atom. The predicted octanol–water partition coefficient (Wildman–Crippen LogP) is 10.0. The lowest BCUT2D eigenvalue weighted by Crippen LogP contribution is -2.42. The van der Waals surface area contributed by atoms with E-state index in [1.54, 1.807) is 48.5 Å². The fraction of sp³-hybridized carbons (Fsp3) is 0.478. The molecule has 0 saturated heterocycles. The van der Waals surface area contributed by atoms with Crippen molar-refractivity contribution in [3.05, 3.63) is 130 Å². The van der Waals surface area contributed by atoms with E-state index in [-0.39, 0.29) is 23.1 Å². The average Bonchev–Trinajstić information content (AvgIpc) is 3.28. The number of sulfone groups is 2. The zero-order valence-corrected chi connectivity index (χ0v) is 35.2. The molecule has 0 fully saturated rings. The topological polar surface area (TPSA) is 109 Å². The number of aryl methyl sites for hydroxylation is 2. The number of benzene rings is 4. The first-order valence-corrected chi connectivity index (χ1v) is 23.3. The minimum Gasteiger partial charge on any atom is -0.392 e. The van der Waals surface area contributed by atoms with E-state index in [0.717, 1.165) is 47.9 Å². The molecular weight excluding hydrogens is 751 g/mol. The highest BCUT2D eigenvalue weighted by molar-refractivity contribution is 7.91. The third-order valence-electron chi connectivity index (χ3n) is 12.4. The summed E-state index contributed by atoms with van der Waals surface area (Å²) in [5, 5.41) is 23.2. The van der Waals surface area contributed by atoms with Crippen molar-refractivity contribution >= 4 is 19.7 Å². The van der Waals surface area contributed by atoms with Crippen LogP contribution >= 0.6 is 0 Å². The Bertz CT molecular complexity index is 2030. The fourth-order valence-electron chi connectivity index (χ4n) is 9.06. The van der Waals surface area contributed by atoms with Gasteiger partial charge in [-0.25, -0.2) is 25.6 Å². The van der Waals surface area contributed by atoms with Gasteiger partial charge in [0.05, 0.1) is 33.5 Å². The van der Waals surface area contributed by atoms with Gasteiger partial charge in [-0.2, -0.15) is 0 Å². The summed E-state index contributed by atoms with van der Waals surface area (Å²) in [6, 6.07) is 22.8. The molecule has 2 aliphatic rings. The molecule has 0 saturated carbocycles. The van der Waals surface area contributed by atoms with E-state index in [0.29, 0.717) is 46.6 Å². The molecule has 304 valence electrons. The maximum atomic E-state index is 13.5.